The van der Waals surface area contributed by atoms with Crippen molar-refractivity contribution in [3.05, 3.63) is 57.9 Å². The minimum atomic E-state index is -0.198. The van der Waals surface area contributed by atoms with Crippen molar-refractivity contribution in [2.75, 3.05) is 31.7 Å². The van der Waals surface area contributed by atoms with Gasteiger partial charge in [-0.2, -0.15) is 0 Å². The second-order valence-electron chi connectivity index (χ2n) is 6.69. The Morgan fingerprint density at radius 1 is 1.11 bits per heavy atom. The highest BCUT2D eigenvalue weighted by Gasteiger charge is 2.42. The van der Waals surface area contributed by atoms with Gasteiger partial charge in [0.05, 0.1) is 5.57 Å². The predicted octanol–water partition coefficient (Wildman–Crippen LogP) is 3.32. The van der Waals surface area contributed by atoms with Crippen LogP contribution in [0.2, 0.25) is 0 Å². The van der Waals surface area contributed by atoms with Crippen LogP contribution in [0.3, 0.4) is 0 Å². The number of fused-ring (bicyclic) bond motifs is 1. The van der Waals surface area contributed by atoms with Gasteiger partial charge < -0.3 is 9.64 Å². The van der Waals surface area contributed by atoms with Gasteiger partial charge in [-0.1, -0.05) is 24.3 Å². The first-order valence-corrected chi connectivity index (χ1v) is 10.1. The Morgan fingerprint density at radius 2 is 1.96 bits per heavy atom. The molecule has 2 aromatic rings. The van der Waals surface area contributed by atoms with Gasteiger partial charge in [0.1, 0.15) is 5.70 Å². The minimum Gasteiger partial charge on any atom is -0.385 e. The molecule has 27 heavy (non-hydrogen) atoms. The van der Waals surface area contributed by atoms with Gasteiger partial charge in [-0.25, -0.2) is 0 Å². The number of hydrogen-bond acceptors (Lipinski definition) is 5. The summed E-state index contributed by atoms with van der Waals surface area (Å²) in [6.07, 6.45) is 2.59. The summed E-state index contributed by atoms with van der Waals surface area (Å²) in [4.78, 5) is 30.7. The van der Waals surface area contributed by atoms with E-state index in [-0.39, 0.29) is 11.8 Å². The smallest absolute Gasteiger partial charge is 0.278 e. The van der Waals surface area contributed by atoms with E-state index in [0.29, 0.717) is 30.8 Å². The van der Waals surface area contributed by atoms with Crippen molar-refractivity contribution < 1.29 is 14.3 Å². The molecule has 2 amide bonds. The van der Waals surface area contributed by atoms with E-state index in [1.54, 1.807) is 7.11 Å². The summed E-state index contributed by atoms with van der Waals surface area (Å²) in [6.45, 7) is 1.64. The normalized spacial score (nSPS) is 17.1. The number of anilines is 1. The SMILES string of the molecule is COCCCN1C(=O)C(c2cccs2)=C(N2CCCc3ccccc32)C1=O. The Bertz CT molecular complexity index is 889. The lowest BCUT2D eigenvalue weighted by atomic mass is 10.00. The van der Waals surface area contributed by atoms with Crippen molar-refractivity contribution in [3.8, 4) is 0 Å². The fourth-order valence-electron chi connectivity index (χ4n) is 3.79. The topological polar surface area (TPSA) is 49.9 Å². The quantitative estimate of drug-likeness (QED) is 0.568. The molecule has 5 nitrogen and oxygen atoms in total. The summed E-state index contributed by atoms with van der Waals surface area (Å²) >= 11 is 1.50. The zero-order chi connectivity index (χ0) is 18.8. The molecule has 0 unspecified atom stereocenters. The van der Waals surface area contributed by atoms with Gasteiger partial charge in [0, 0.05) is 37.4 Å². The van der Waals surface area contributed by atoms with Crippen molar-refractivity contribution in [2.24, 2.45) is 0 Å². The summed E-state index contributed by atoms with van der Waals surface area (Å²) in [5.41, 5.74) is 3.31. The molecule has 1 aromatic carbocycles. The van der Waals surface area contributed by atoms with E-state index in [1.165, 1.54) is 21.8 Å². The van der Waals surface area contributed by atoms with Crippen molar-refractivity contribution in [1.29, 1.82) is 0 Å². The number of nitrogens with zero attached hydrogens (tertiary/aromatic N) is 2. The summed E-state index contributed by atoms with van der Waals surface area (Å²) in [7, 11) is 1.62. The van der Waals surface area contributed by atoms with Gasteiger partial charge in [-0.3, -0.25) is 14.5 Å². The monoisotopic (exact) mass is 382 g/mol. The average Bonchev–Trinajstić information content (AvgIpc) is 3.29. The fourth-order valence-corrected chi connectivity index (χ4v) is 4.56. The molecule has 2 aliphatic rings. The number of hydrogen-bond donors (Lipinski definition) is 0. The van der Waals surface area contributed by atoms with E-state index in [4.69, 9.17) is 4.74 Å². The Balaban J connectivity index is 1.78. The maximum absolute atomic E-state index is 13.3. The number of rotatable bonds is 6. The van der Waals surface area contributed by atoms with E-state index in [9.17, 15) is 9.59 Å². The molecule has 6 heteroatoms. The molecular weight excluding hydrogens is 360 g/mol. The Labute approximate surface area is 162 Å². The molecule has 0 aliphatic carbocycles. The molecule has 0 bridgehead atoms. The number of aryl methyl sites for hydroxylation is 1. The number of imide groups is 1. The first kappa shape index (κ1) is 17.9. The number of amides is 2. The summed E-state index contributed by atoms with van der Waals surface area (Å²) in [5, 5.41) is 1.94. The van der Waals surface area contributed by atoms with Crippen LogP contribution in [-0.2, 0) is 20.7 Å². The van der Waals surface area contributed by atoms with Crippen LogP contribution in [0.25, 0.3) is 5.57 Å². The van der Waals surface area contributed by atoms with E-state index in [0.717, 1.165) is 30.0 Å². The van der Waals surface area contributed by atoms with E-state index >= 15 is 0 Å². The highest BCUT2D eigenvalue weighted by atomic mass is 32.1. The molecule has 0 atom stereocenters. The van der Waals surface area contributed by atoms with Crippen LogP contribution >= 0.6 is 11.3 Å². The number of carbonyl (C=O) groups excluding carboxylic acids is 2. The van der Waals surface area contributed by atoms with Crippen molar-refractivity contribution in [2.45, 2.75) is 19.3 Å². The van der Waals surface area contributed by atoms with Gasteiger partial charge in [-0.05, 0) is 42.3 Å². The van der Waals surface area contributed by atoms with Crippen LogP contribution in [0, 0.1) is 0 Å². The van der Waals surface area contributed by atoms with Crippen LogP contribution in [-0.4, -0.2) is 43.5 Å². The third-order valence-corrected chi connectivity index (χ3v) is 5.91. The molecule has 3 heterocycles. The minimum absolute atomic E-state index is 0.198. The molecule has 2 aliphatic heterocycles. The molecule has 140 valence electrons. The third kappa shape index (κ3) is 3.19. The van der Waals surface area contributed by atoms with Crippen LogP contribution in [0.15, 0.2) is 47.5 Å². The number of methoxy groups -OCH3 is 1. The molecule has 0 fully saturated rings. The lowest BCUT2D eigenvalue weighted by Crippen LogP contribution is -2.37. The maximum Gasteiger partial charge on any atom is 0.278 e. The predicted molar refractivity (Wildman–Crippen MR) is 107 cm³/mol. The van der Waals surface area contributed by atoms with E-state index in [2.05, 4.69) is 6.07 Å². The van der Waals surface area contributed by atoms with Crippen LogP contribution in [0.4, 0.5) is 5.69 Å². The first-order valence-electron chi connectivity index (χ1n) is 9.21. The van der Waals surface area contributed by atoms with E-state index in [1.807, 2.05) is 40.6 Å². The molecule has 0 spiro atoms. The van der Waals surface area contributed by atoms with Gasteiger partial charge in [0.15, 0.2) is 0 Å². The molecule has 0 saturated carbocycles. The number of benzene rings is 1. The zero-order valence-electron chi connectivity index (χ0n) is 15.3. The van der Waals surface area contributed by atoms with Gasteiger partial charge in [0.2, 0.25) is 0 Å². The van der Waals surface area contributed by atoms with Crippen molar-refractivity contribution in [3.63, 3.8) is 0 Å². The van der Waals surface area contributed by atoms with Crippen LogP contribution < -0.4 is 4.90 Å². The Kier molecular flexibility index (Phi) is 5.09. The number of para-hydroxylation sites is 1. The van der Waals surface area contributed by atoms with Crippen molar-refractivity contribution >= 4 is 34.4 Å². The molecule has 0 saturated heterocycles. The lowest BCUT2D eigenvalue weighted by molar-refractivity contribution is -0.137. The third-order valence-electron chi connectivity index (χ3n) is 5.02. The molecule has 1 aromatic heterocycles. The molecule has 0 radical (unpaired) electrons. The molecular formula is C21H22N2O3S. The fraction of sp³-hybridized carbons (Fsp3) is 0.333. The Morgan fingerprint density at radius 3 is 2.74 bits per heavy atom. The standard InChI is InChI=1S/C21H22N2O3S/c1-26-13-6-12-23-20(24)18(17-10-5-14-27-17)19(21(23)25)22-11-4-8-15-7-2-3-9-16(15)22/h2-3,5,7,9-10,14H,4,6,8,11-13H2,1H3. The second kappa shape index (κ2) is 7.66. The largest absolute Gasteiger partial charge is 0.385 e. The highest BCUT2D eigenvalue weighted by Crippen LogP contribution is 2.38. The van der Waals surface area contributed by atoms with E-state index < -0.39 is 0 Å². The number of carbonyl (C=O) groups is 2. The van der Waals surface area contributed by atoms with Gasteiger partial charge >= 0.3 is 0 Å². The first-order chi connectivity index (χ1) is 13.2. The van der Waals surface area contributed by atoms with Crippen LogP contribution in [0.5, 0.6) is 0 Å². The maximum atomic E-state index is 13.3. The summed E-state index contributed by atoms with van der Waals surface area (Å²) in [5.74, 6) is -0.396. The summed E-state index contributed by atoms with van der Waals surface area (Å²) < 4.78 is 5.09. The lowest BCUT2D eigenvalue weighted by Gasteiger charge is -2.32. The molecule has 0 N–H and O–H groups in total. The Hall–Kier alpha value is -2.44. The average molecular weight is 382 g/mol. The number of thiophene rings is 1. The highest BCUT2D eigenvalue weighted by molar-refractivity contribution is 7.11. The van der Waals surface area contributed by atoms with Crippen molar-refractivity contribution in [1.82, 2.24) is 4.90 Å². The van der Waals surface area contributed by atoms with Crippen LogP contribution in [0.1, 0.15) is 23.3 Å². The zero-order valence-corrected chi connectivity index (χ0v) is 16.1. The number of ether oxygens (including phenoxy) is 1. The summed E-state index contributed by atoms with van der Waals surface area (Å²) in [6, 6.07) is 12.0. The second-order valence-corrected chi connectivity index (χ2v) is 7.64. The molecule has 4 rings (SSSR count). The van der Waals surface area contributed by atoms with Gasteiger partial charge in [0.25, 0.3) is 11.8 Å². The van der Waals surface area contributed by atoms with Gasteiger partial charge in [-0.15, -0.1) is 11.3 Å².